The van der Waals surface area contributed by atoms with Crippen molar-refractivity contribution in [3.63, 3.8) is 0 Å². The molecule has 0 bridgehead atoms. The molecule has 3 nitrogen and oxygen atoms in total. The van der Waals surface area contributed by atoms with Gasteiger partial charge in [-0.3, -0.25) is 0 Å². The van der Waals surface area contributed by atoms with Crippen LogP contribution >= 0.6 is 0 Å². The summed E-state index contributed by atoms with van der Waals surface area (Å²) >= 11 is 0. The topological polar surface area (TPSA) is 60.2 Å². The van der Waals surface area contributed by atoms with Crippen molar-refractivity contribution in [1.82, 2.24) is 0 Å². The molecule has 0 saturated heterocycles. The zero-order valence-electron chi connectivity index (χ0n) is 9.18. The van der Waals surface area contributed by atoms with E-state index in [1.807, 2.05) is 24.3 Å². The summed E-state index contributed by atoms with van der Waals surface area (Å²) in [5.74, 6) is 0. The van der Waals surface area contributed by atoms with E-state index in [0.717, 1.165) is 5.56 Å². The van der Waals surface area contributed by atoms with E-state index in [4.69, 9.17) is 5.73 Å². The molecule has 0 amide bonds. The van der Waals surface area contributed by atoms with E-state index in [0.29, 0.717) is 17.7 Å². The Morgan fingerprint density at radius 2 is 1.75 bits per heavy atom. The number of rotatable bonds is 2. The van der Waals surface area contributed by atoms with Crippen LogP contribution in [-0.2, 0) is 15.4 Å². The Morgan fingerprint density at radius 1 is 1.19 bits per heavy atom. The highest BCUT2D eigenvalue weighted by atomic mass is 32.2. The predicted molar refractivity (Wildman–Crippen MR) is 63.8 cm³/mol. The van der Waals surface area contributed by atoms with Gasteiger partial charge in [-0.2, -0.15) is 0 Å². The van der Waals surface area contributed by atoms with Crippen LogP contribution in [0.15, 0.2) is 41.3 Å². The summed E-state index contributed by atoms with van der Waals surface area (Å²) in [7, 11) is -3.22. The van der Waals surface area contributed by atoms with Gasteiger partial charge in [0.2, 0.25) is 0 Å². The van der Waals surface area contributed by atoms with Crippen LogP contribution in [0.4, 0.5) is 0 Å². The normalized spacial score (nSPS) is 18.9. The molecule has 0 spiro atoms. The molecule has 0 aliphatic heterocycles. The fraction of sp³-hybridized carbons (Fsp3) is 0.333. The van der Waals surface area contributed by atoms with Gasteiger partial charge in [-0.05, 0) is 24.5 Å². The third kappa shape index (κ3) is 1.90. The third-order valence-electron chi connectivity index (χ3n) is 2.95. The first-order chi connectivity index (χ1) is 7.43. The van der Waals surface area contributed by atoms with Crippen LogP contribution in [-0.4, -0.2) is 14.7 Å². The first-order valence-corrected chi connectivity index (χ1v) is 7.06. The van der Waals surface area contributed by atoms with Gasteiger partial charge >= 0.3 is 0 Å². The third-order valence-corrected chi connectivity index (χ3v) is 4.11. The Kier molecular flexibility index (Phi) is 2.64. The van der Waals surface area contributed by atoms with Gasteiger partial charge in [-0.1, -0.05) is 30.4 Å². The molecule has 0 fully saturated rings. The maximum absolute atomic E-state index is 11.7. The van der Waals surface area contributed by atoms with E-state index in [9.17, 15) is 8.42 Å². The Balaban J connectivity index is 2.58. The average molecular weight is 237 g/mol. The van der Waals surface area contributed by atoms with Crippen LogP contribution in [0, 0.1) is 0 Å². The first kappa shape index (κ1) is 11.4. The van der Waals surface area contributed by atoms with Crippen molar-refractivity contribution in [2.45, 2.75) is 23.3 Å². The summed E-state index contributed by atoms with van der Waals surface area (Å²) < 4.78 is 23.4. The average Bonchev–Trinajstić information content (AvgIpc) is 2.65. The first-order valence-electron chi connectivity index (χ1n) is 5.17. The van der Waals surface area contributed by atoms with Crippen LogP contribution < -0.4 is 5.73 Å². The van der Waals surface area contributed by atoms with Crippen LogP contribution in [0.25, 0.3) is 0 Å². The molecule has 0 aromatic heterocycles. The number of hydrogen-bond acceptors (Lipinski definition) is 3. The van der Waals surface area contributed by atoms with Crippen LogP contribution in [0.5, 0.6) is 0 Å². The standard InChI is InChI=1S/C12H15NO2S/c1-16(14,15)11-7-3-2-6-10(11)12(13)8-4-5-9-12/h2-7H,8-9,13H2,1H3. The largest absolute Gasteiger partial charge is 0.321 e. The molecular weight excluding hydrogens is 222 g/mol. The van der Waals surface area contributed by atoms with Crippen LogP contribution in [0.1, 0.15) is 18.4 Å². The summed E-state index contributed by atoms with van der Waals surface area (Å²) in [6.45, 7) is 0. The Labute approximate surface area is 95.9 Å². The molecule has 0 atom stereocenters. The van der Waals surface area contributed by atoms with E-state index in [1.165, 1.54) is 6.26 Å². The second-order valence-electron chi connectivity index (χ2n) is 4.30. The molecule has 4 heteroatoms. The Bertz CT molecular complexity index is 524. The second-order valence-corrected chi connectivity index (χ2v) is 6.29. The van der Waals surface area contributed by atoms with E-state index < -0.39 is 15.4 Å². The van der Waals surface area contributed by atoms with E-state index >= 15 is 0 Å². The summed E-state index contributed by atoms with van der Waals surface area (Å²) in [5, 5.41) is 0. The van der Waals surface area contributed by atoms with Crippen molar-refractivity contribution in [1.29, 1.82) is 0 Å². The van der Waals surface area contributed by atoms with E-state index in [-0.39, 0.29) is 0 Å². The van der Waals surface area contributed by atoms with Gasteiger partial charge < -0.3 is 5.73 Å². The second kappa shape index (κ2) is 3.71. The Morgan fingerprint density at radius 3 is 2.31 bits per heavy atom. The molecule has 2 rings (SSSR count). The number of benzene rings is 1. The monoisotopic (exact) mass is 237 g/mol. The fourth-order valence-electron chi connectivity index (χ4n) is 2.09. The molecule has 1 aromatic carbocycles. The molecule has 16 heavy (non-hydrogen) atoms. The quantitative estimate of drug-likeness (QED) is 0.795. The van der Waals surface area contributed by atoms with Gasteiger partial charge in [-0.25, -0.2) is 8.42 Å². The SMILES string of the molecule is CS(=O)(=O)c1ccccc1C1(N)CC=CC1. The van der Waals surface area contributed by atoms with Gasteiger partial charge in [0.25, 0.3) is 0 Å². The lowest BCUT2D eigenvalue weighted by atomic mass is 9.89. The molecule has 0 saturated carbocycles. The molecular formula is C12H15NO2S. The van der Waals surface area contributed by atoms with Gasteiger partial charge in [0.1, 0.15) is 0 Å². The van der Waals surface area contributed by atoms with Crippen LogP contribution in [0.3, 0.4) is 0 Å². The molecule has 0 radical (unpaired) electrons. The molecule has 1 aliphatic carbocycles. The number of nitrogens with two attached hydrogens (primary N) is 1. The van der Waals surface area contributed by atoms with Crippen molar-refractivity contribution in [2.24, 2.45) is 5.73 Å². The summed E-state index contributed by atoms with van der Waals surface area (Å²) in [6, 6.07) is 6.99. The van der Waals surface area contributed by atoms with Crippen molar-refractivity contribution >= 4 is 9.84 Å². The maximum atomic E-state index is 11.7. The highest BCUT2D eigenvalue weighted by Gasteiger charge is 2.32. The zero-order chi connectivity index (χ0) is 11.8. The molecule has 1 aromatic rings. The molecule has 0 heterocycles. The van der Waals surface area contributed by atoms with Crippen molar-refractivity contribution in [3.05, 3.63) is 42.0 Å². The van der Waals surface area contributed by atoms with E-state index in [2.05, 4.69) is 0 Å². The number of sulfone groups is 1. The lowest BCUT2D eigenvalue weighted by molar-refractivity contribution is 0.469. The summed E-state index contributed by atoms with van der Waals surface area (Å²) in [4.78, 5) is 0.348. The lowest BCUT2D eigenvalue weighted by Crippen LogP contribution is -2.35. The Hall–Kier alpha value is -1.13. The van der Waals surface area contributed by atoms with Gasteiger partial charge in [0.15, 0.2) is 9.84 Å². The van der Waals surface area contributed by atoms with Gasteiger partial charge in [0.05, 0.1) is 4.90 Å². The van der Waals surface area contributed by atoms with E-state index in [1.54, 1.807) is 12.1 Å². The molecule has 0 unspecified atom stereocenters. The molecule has 1 aliphatic rings. The lowest BCUT2D eigenvalue weighted by Gasteiger charge is -2.26. The predicted octanol–water partition coefficient (Wildman–Crippen LogP) is 1.59. The van der Waals surface area contributed by atoms with Crippen molar-refractivity contribution < 1.29 is 8.42 Å². The summed E-state index contributed by atoms with van der Waals surface area (Å²) in [5.41, 5.74) is 6.42. The minimum Gasteiger partial charge on any atom is -0.321 e. The smallest absolute Gasteiger partial charge is 0.175 e. The maximum Gasteiger partial charge on any atom is 0.175 e. The molecule has 86 valence electrons. The fourth-order valence-corrected chi connectivity index (χ4v) is 3.09. The number of hydrogen-bond donors (Lipinski definition) is 1. The van der Waals surface area contributed by atoms with Gasteiger partial charge in [0, 0.05) is 11.8 Å². The van der Waals surface area contributed by atoms with Crippen LogP contribution in [0.2, 0.25) is 0 Å². The minimum atomic E-state index is -3.22. The zero-order valence-corrected chi connectivity index (χ0v) is 10.00. The van der Waals surface area contributed by atoms with Gasteiger partial charge in [-0.15, -0.1) is 0 Å². The summed E-state index contributed by atoms with van der Waals surface area (Å²) in [6.07, 6.45) is 6.61. The highest BCUT2D eigenvalue weighted by Crippen LogP contribution is 2.35. The minimum absolute atomic E-state index is 0.348. The molecule has 2 N–H and O–H groups in total. The highest BCUT2D eigenvalue weighted by molar-refractivity contribution is 7.90. The van der Waals surface area contributed by atoms with Crippen molar-refractivity contribution in [2.75, 3.05) is 6.26 Å². The van der Waals surface area contributed by atoms with Crippen molar-refractivity contribution in [3.8, 4) is 0 Å².